The van der Waals surface area contributed by atoms with E-state index in [1.165, 1.54) is 88.2 Å². The average molecular weight is 679 g/mol. The molecule has 47 heavy (non-hydrogen) atoms. The fourth-order valence-corrected chi connectivity index (χ4v) is 5.51. The van der Waals surface area contributed by atoms with Crippen LogP contribution in [0.4, 0.5) is 5.69 Å². The maximum Gasteiger partial charge on any atom is 0.145 e. The minimum Gasteiger partial charge on any atom is -0.317 e. The van der Waals surface area contributed by atoms with Crippen molar-refractivity contribution < 1.29 is 5.21 Å². The lowest BCUT2D eigenvalue weighted by Gasteiger charge is -2.19. The summed E-state index contributed by atoms with van der Waals surface area (Å²) in [5.74, 6) is 0.562. The van der Waals surface area contributed by atoms with Crippen LogP contribution in [0.25, 0.3) is 11.8 Å². The second kappa shape index (κ2) is 22.1. The fraction of sp³-hybridized carbons (Fsp3) is 0.378. The van der Waals surface area contributed by atoms with Gasteiger partial charge >= 0.3 is 0 Å². The molecule has 0 aromatic heterocycles. The second-order valence-electron chi connectivity index (χ2n) is 11.4. The Balaban J connectivity index is 0.000000192. The van der Waals surface area contributed by atoms with E-state index < -0.39 is 0 Å². The predicted octanol–water partition coefficient (Wildman–Crippen LogP) is 6.68. The van der Waals surface area contributed by atoms with Crippen molar-refractivity contribution in [3.05, 3.63) is 106 Å². The first-order chi connectivity index (χ1) is 22.7. The third kappa shape index (κ3) is 13.2. The van der Waals surface area contributed by atoms with Gasteiger partial charge in [0.1, 0.15) is 12.4 Å². The Hall–Kier alpha value is -3.53. The van der Waals surface area contributed by atoms with Crippen molar-refractivity contribution >= 4 is 53.5 Å². The number of anilines is 1. The summed E-state index contributed by atoms with van der Waals surface area (Å²) in [5.41, 5.74) is 6.73. The molecule has 0 bridgehead atoms. The number of halogens is 2. The van der Waals surface area contributed by atoms with Gasteiger partial charge in [-0.3, -0.25) is 15.6 Å². The third-order valence-electron chi connectivity index (χ3n) is 7.81. The SMILES string of the molecule is C1=Cc2ccccc2NN=C1.C1CCCNCC1.C1CCCNCC1.CN=C1CN(O)C(c2ccccc2)=c2cc(Cl)ccc2=N1.Cl. The number of hydroxylamine groups is 2. The van der Waals surface area contributed by atoms with Crippen LogP contribution >= 0.6 is 24.0 Å². The molecule has 0 unspecified atom stereocenters. The molecule has 4 aliphatic rings. The first-order valence-corrected chi connectivity index (χ1v) is 16.9. The van der Waals surface area contributed by atoms with Gasteiger partial charge in [0.15, 0.2) is 0 Å². The first-order valence-electron chi connectivity index (χ1n) is 16.5. The molecular formula is C37H49Cl2N7O. The summed E-state index contributed by atoms with van der Waals surface area (Å²) in [6, 6.07) is 23.2. The maximum atomic E-state index is 10.5. The van der Waals surface area contributed by atoms with E-state index in [-0.39, 0.29) is 19.0 Å². The lowest BCUT2D eigenvalue weighted by molar-refractivity contribution is -0.0119. The van der Waals surface area contributed by atoms with Gasteiger partial charge in [0.05, 0.1) is 16.7 Å². The monoisotopic (exact) mass is 677 g/mol. The third-order valence-corrected chi connectivity index (χ3v) is 8.05. The number of benzene rings is 3. The maximum absolute atomic E-state index is 10.5. The number of allylic oxidation sites excluding steroid dienone is 1. The summed E-state index contributed by atoms with van der Waals surface area (Å²) < 4.78 is 0. The van der Waals surface area contributed by atoms with Crippen molar-refractivity contribution in [1.82, 2.24) is 15.7 Å². The number of amidine groups is 1. The average Bonchev–Trinajstić information content (AvgIpc) is 3.69. The molecule has 4 N–H and O–H groups in total. The van der Waals surface area contributed by atoms with Gasteiger partial charge in [0, 0.05) is 29.1 Å². The van der Waals surface area contributed by atoms with Gasteiger partial charge in [-0.1, -0.05) is 91.9 Å². The van der Waals surface area contributed by atoms with Gasteiger partial charge in [-0.25, -0.2) is 10.1 Å². The van der Waals surface area contributed by atoms with Crippen LogP contribution in [-0.2, 0) is 0 Å². The molecule has 3 aromatic rings. The highest BCUT2D eigenvalue weighted by molar-refractivity contribution is 6.30. The molecule has 3 aromatic carbocycles. The molecule has 4 aliphatic heterocycles. The molecule has 2 saturated heterocycles. The number of fused-ring (bicyclic) bond motifs is 2. The number of para-hydroxylation sites is 1. The second-order valence-corrected chi connectivity index (χ2v) is 11.8. The summed E-state index contributed by atoms with van der Waals surface area (Å²) in [6.07, 6.45) is 17.0. The minimum atomic E-state index is 0. The molecule has 4 heterocycles. The number of aliphatic imine (C=N–C) groups is 1. The molecule has 0 radical (unpaired) electrons. The van der Waals surface area contributed by atoms with E-state index in [0.717, 1.165) is 21.8 Å². The van der Waals surface area contributed by atoms with Crippen molar-refractivity contribution in [1.29, 1.82) is 0 Å². The number of hydrogen-bond acceptors (Lipinski definition) is 7. The number of hydrogen-bond donors (Lipinski definition) is 4. The Morgan fingerprint density at radius 1 is 0.787 bits per heavy atom. The normalized spacial score (nSPS) is 17.6. The number of rotatable bonds is 1. The summed E-state index contributed by atoms with van der Waals surface area (Å²) >= 11 is 6.12. The number of nitrogens with one attached hydrogen (secondary N) is 3. The van der Waals surface area contributed by atoms with Gasteiger partial charge in [-0.05, 0) is 87.8 Å². The largest absolute Gasteiger partial charge is 0.317 e. The van der Waals surface area contributed by atoms with Gasteiger partial charge in [-0.2, -0.15) is 5.10 Å². The van der Waals surface area contributed by atoms with Crippen molar-refractivity contribution in [3.8, 4) is 0 Å². The van der Waals surface area contributed by atoms with Crippen LogP contribution in [-0.4, -0.2) is 62.1 Å². The Bertz CT molecular complexity index is 1510. The molecule has 0 spiro atoms. The van der Waals surface area contributed by atoms with Crippen LogP contribution in [0.2, 0.25) is 5.02 Å². The molecule has 0 aliphatic carbocycles. The van der Waals surface area contributed by atoms with Gasteiger partial charge in [-0.15, -0.1) is 12.4 Å². The van der Waals surface area contributed by atoms with Crippen molar-refractivity contribution in [3.63, 3.8) is 0 Å². The Labute approximate surface area is 290 Å². The van der Waals surface area contributed by atoms with Gasteiger partial charge < -0.3 is 10.6 Å². The summed E-state index contributed by atoms with van der Waals surface area (Å²) in [7, 11) is 1.66. The highest BCUT2D eigenvalue weighted by Gasteiger charge is 2.17. The summed E-state index contributed by atoms with van der Waals surface area (Å²) in [6.45, 7) is 5.23. The van der Waals surface area contributed by atoms with Gasteiger partial charge in [0.25, 0.3) is 0 Å². The first kappa shape index (κ1) is 37.9. The Morgan fingerprint density at radius 2 is 1.40 bits per heavy atom. The molecule has 8 nitrogen and oxygen atoms in total. The quantitative estimate of drug-likeness (QED) is 0.230. The van der Waals surface area contributed by atoms with Crippen molar-refractivity contribution in [2.75, 3.05) is 45.2 Å². The molecule has 2 fully saturated rings. The highest BCUT2D eigenvalue weighted by Crippen LogP contribution is 2.18. The molecule has 7 rings (SSSR count). The van der Waals surface area contributed by atoms with E-state index in [9.17, 15) is 5.21 Å². The topological polar surface area (TPSA) is 96.6 Å². The Morgan fingerprint density at radius 3 is 2.04 bits per heavy atom. The lowest BCUT2D eigenvalue weighted by Crippen LogP contribution is -2.31. The zero-order valence-electron chi connectivity index (χ0n) is 27.4. The smallest absolute Gasteiger partial charge is 0.145 e. The zero-order chi connectivity index (χ0) is 32.2. The molecule has 0 amide bonds. The standard InChI is InChI=1S/C16H14ClN3O.C9H8N2.2C6H13N.ClH/c1-18-15-10-20(21)16(11-5-3-2-4-6-11)13-9-12(17)7-8-14(13)19-15;1-2-6-9-8(4-1)5-3-7-10-11-9;2*1-2-4-6-7-5-3-1;/h2-9,21H,10H2,1H3;1-7,11H;2*7H,1-6H2;1H. The fourth-order valence-electron chi connectivity index (χ4n) is 5.34. The van der Waals surface area contributed by atoms with E-state index in [2.05, 4.69) is 31.1 Å². The highest BCUT2D eigenvalue weighted by atomic mass is 35.5. The van der Waals surface area contributed by atoms with E-state index in [4.69, 9.17) is 11.6 Å². The van der Waals surface area contributed by atoms with Crippen LogP contribution in [0.3, 0.4) is 0 Å². The Kier molecular flexibility index (Phi) is 17.8. The molecule has 10 heteroatoms. The number of hydrazone groups is 1. The minimum absolute atomic E-state index is 0. The van der Waals surface area contributed by atoms with Gasteiger partial charge in [0.2, 0.25) is 0 Å². The van der Waals surface area contributed by atoms with E-state index in [1.807, 2.05) is 78.9 Å². The van der Waals surface area contributed by atoms with Crippen LogP contribution in [0.1, 0.15) is 62.5 Å². The van der Waals surface area contributed by atoms with Crippen LogP contribution in [0.15, 0.2) is 94.0 Å². The van der Waals surface area contributed by atoms with Crippen molar-refractivity contribution in [2.24, 2.45) is 15.1 Å². The molecule has 252 valence electrons. The summed E-state index contributed by atoms with van der Waals surface area (Å²) in [5, 5.41) is 24.4. The predicted molar refractivity (Wildman–Crippen MR) is 201 cm³/mol. The van der Waals surface area contributed by atoms with E-state index in [0.29, 0.717) is 16.6 Å². The lowest BCUT2D eigenvalue weighted by atomic mass is 10.1. The molecular weight excluding hydrogens is 629 g/mol. The van der Waals surface area contributed by atoms with Crippen molar-refractivity contribution in [2.45, 2.75) is 51.4 Å². The molecule has 0 saturated carbocycles. The number of nitrogens with zero attached hydrogens (tertiary/aromatic N) is 4. The van der Waals surface area contributed by atoms with Crippen LogP contribution < -0.4 is 26.6 Å². The van der Waals surface area contributed by atoms with E-state index >= 15 is 0 Å². The van der Waals surface area contributed by atoms with Crippen LogP contribution in [0, 0.1) is 0 Å². The summed E-state index contributed by atoms with van der Waals surface area (Å²) in [4.78, 5) is 8.60. The van der Waals surface area contributed by atoms with E-state index in [1.54, 1.807) is 19.3 Å². The molecule has 0 atom stereocenters. The zero-order valence-corrected chi connectivity index (χ0v) is 28.9. The van der Waals surface area contributed by atoms with Crippen LogP contribution in [0.5, 0.6) is 0 Å².